The van der Waals surface area contributed by atoms with Crippen LogP contribution in [0.2, 0.25) is 0 Å². The molecule has 30 heavy (non-hydrogen) atoms. The van der Waals surface area contributed by atoms with Crippen LogP contribution < -0.4 is 16.0 Å². The van der Waals surface area contributed by atoms with E-state index in [2.05, 4.69) is 20.9 Å². The standard InChI is InChI=1S/C23H23FN4O2/c1-14-8-16(10-18(24)9-14)11-21(29)27-20-12-17(23(30)25-3)13-26-22(20)28-19-7-5-4-6-15(19)2/h4-10,12-13H,11H2,1-3H3,(H,25,30)(H,26,28)(H,27,29). The number of rotatable bonds is 6. The molecule has 2 aromatic carbocycles. The minimum absolute atomic E-state index is 0.00733. The van der Waals surface area contributed by atoms with E-state index in [4.69, 9.17) is 0 Å². The predicted molar refractivity (Wildman–Crippen MR) is 116 cm³/mol. The third-order valence-electron chi connectivity index (χ3n) is 4.52. The zero-order valence-electron chi connectivity index (χ0n) is 17.0. The van der Waals surface area contributed by atoms with Crippen molar-refractivity contribution in [2.75, 3.05) is 17.7 Å². The van der Waals surface area contributed by atoms with Gasteiger partial charge in [-0.2, -0.15) is 0 Å². The number of aryl methyl sites for hydroxylation is 2. The second-order valence-electron chi connectivity index (χ2n) is 7.00. The van der Waals surface area contributed by atoms with Gasteiger partial charge in [-0.25, -0.2) is 9.37 Å². The summed E-state index contributed by atoms with van der Waals surface area (Å²) in [6.07, 6.45) is 1.43. The van der Waals surface area contributed by atoms with Crippen molar-refractivity contribution in [1.82, 2.24) is 10.3 Å². The molecule has 3 aromatic rings. The Morgan fingerprint density at radius 1 is 1.03 bits per heavy atom. The predicted octanol–water partition coefficient (Wildman–Crippen LogP) is 4.12. The summed E-state index contributed by atoms with van der Waals surface area (Å²) in [4.78, 5) is 29.0. The molecular weight excluding hydrogens is 383 g/mol. The molecule has 0 bridgehead atoms. The van der Waals surface area contributed by atoms with Crippen LogP contribution in [0, 0.1) is 19.7 Å². The van der Waals surface area contributed by atoms with Gasteiger partial charge >= 0.3 is 0 Å². The number of halogens is 1. The van der Waals surface area contributed by atoms with Crippen molar-refractivity contribution in [3.8, 4) is 0 Å². The van der Waals surface area contributed by atoms with Crippen LogP contribution in [0.5, 0.6) is 0 Å². The first-order valence-electron chi connectivity index (χ1n) is 9.46. The SMILES string of the molecule is CNC(=O)c1cnc(Nc2ccccc2C)c(NC(=O)Cc2cc(C)cc(F)c2)c1. The van der Waals surface area contributed by atoms with Gasteiger partial charge in [-0.3, -0.25) is 9.59 Å². The molecule has 0 aliphatic rings. The number of pyridine rings is 1. The van der Waals surface area contributed by atoms with Crippen molar-refractivity contribution in [3.05, 3.63) is 82.8 Å². The third-order valence-corrected chi connectivity index (χ3v) is 4.52. The highest BCUT2D eigenvalue weighted by atomic mass is 19.1. The van der Waals surface area contributed by atoms with Crippen LogP contribution >= 0.6 is 0 Å². The van der Waals surface area contributed by atoms with Gasteiger partial charge in [0, 0.05) is 18.9 Å². The molecular formula is C23H23FN4O2. The number of carbonyl (C=O) groups is 2. The van der Waals surface area contributed by atoms with Gasteiger partial charge in [0.05, 0.1) is 17.7 Å². The highest BCUT2D eigenvalue weighted by molar-refractivity contribution is 5.99. The Morgan fingerprint density at radius 3 is 2.50 bits per heavy atom. The fourth-order valence-corrected chi connectivity index (χ4v) is 3.06. The molecule has 3 N–H and O–H groups in total. The van der Waals surface area contributed by atoms with Gasteiger partial charge in [0.25, 0.3) is 5.91 Å². The third kappa shape index (κ3) is 5.20. The maximum Gasteiger partial charge on any atom is 0.252 e. The molecule has 1 heterocycles. The number of amides is 2. The summed E-state index contributed by atoms with van der Waals surface area (Å²) >= 11 is 0. The first kappa shape index (κ1) is 21.0. The average molecular weight is 406 g/mol. The largest absolute Gasteiger partial charge is 0.355 e. The first-order chi connectivity index (χ1) is 14.4. The summed E-state index contributed by atoms with van der Waals surface area (Å²) < 4.78 is 13.6. The summed E-state index contributed by atoms with van der Waals surface area (Å²) in [7, 11) is 1.52. The molecule has 0 spiro atoms. The van der Waals surface area contributed by atoms with Gasteiger partial charge in [0.1, 0.15) is 5.82 Å². The molecule has 0 aliphatic heterocycles. The van der Waals surface area contributed by atoms with E-state index < -0.39 is 0 Å². The maximum atomic E-state index is 13.6. The lowest BCUT2D eigenvalue weighted by Crippen LogP contribution is -2.20. The molecule has 3 rings (SSSR count). The molecule has 7 heteroatoms. The number of anilines is 3. The maximum absolute atomic E-state index is 13.6. The van der Waals surface area contributed by atoms with Crippen LogP contribution in [0.4, 0.5) is 21.6 Å². The van der Waals surface area contributed by atoms with E-state index in [0.29, 0.717) is 22.6 Å². The highest BCUT2D eigenvalue weighted by Gasteiger charge is 2.14. The van der Waals surface area contributed by atoms with E-state index in [1.54, 1.807) is 19.1 Å². The van der Waals surface area contributed by atoms with Crippen molar-refractivity contribution in [2.24, 2.45) is 0 Å². The lowest BCUT2D eigenvalue weighted by Gasteiger charge is -2.15. The summed E-state index contributed by atoms with van der Waals surface area (Å²) in [5.41, 5.74) is 3.80. The number of para-hydroxylation sites is 1. The van der Waals surface area contributed by atoms with Crippen LogP contribution in [0.25, 0.3) is 0 Å². The van der Waals surface area contributed by atoms with Gasteiger partial charge in [-0.05, 0) is 54.8 Å². The van der Waals surface area contributed by atoms with E-state index in [1.807, 2.05) is 31.2 Å². The molecule has 0 saturated carbocycles. The number of nitrogens with one attached hydrogen (secondary N) is 3. The molecule has 0 unspecified atom stereocenters. The number of benzene rings is 2. The average Bonchev–Trinajstić information content (AvgIpc) is 2.69. The van der Waals surface area contributed by atoms with Crippen LogP contribution in [-0.2, 0) is 11.2 Å². The van der Waals surface area contributed by atoms with E-state index in [0.717, 1.165) is 16.8 Å². The molecule has 0 saturated heterocycles. The minimum atomic E-state index is -0.386. The van der Waals surface area contributed by atoms with Crippen LogP contribution in [-0.4, -0.2) is 23.8 Å². The highest BCUT2D eigenvalue weighted by Crippen LogP contribution is 2.26. The van der Waals surface area contributed by atoms with Crippen molar-refractivity contribution in [2.45, 2.75) is 20.3 Å². The molecule has 1 aromatic heterocycles. The normalized spacial score (nSPS) is 10.4. The van der Waals surface area contributed by atoms with E-state index >= 15 is 0 Å². The van der Waals surface area contributed by atoms with Crippen molar-refractivity contribution in [1.29, 1.82) is 0 Å². The zero-order valence-corrected chi connectivity index (χ0v) is 17.0. The Kier molecular flexibility index (Phi) is 6.41. The molecule has 0 atom stereocenters. The molecule has 6 nitrogen and oxygen atoms in total. The lowest BCUT2D eigenvalue weighted by atomic mass is 10.1. The molecule has 0 radical (unpaired) electrons. The number of carbonyl (C=O) groups excluding carboxylic acids is 2. The Balaban J connectivity index is 1.88. The smallest absolute Gasteiger partial charge is 0.252 e. The van der Waals surface area contributed by atoms with Crippen LogP contribution in [0.1, 0.15) is 27.0 Å². The fraction of sp³-hybridized carbons (Fsp3) is 0.174. The summed E-state index contributed by atoms with van der Waals surface area (Å²) in [5, 5.41) is 8.52. The minimum Gasteiger partial charge on any atom is -0.355 e. The Bertz CT molecular complexity index is 1080. The van der Waals surface area contributed by atoms with Gasteiger partial charge in [-0.1, -0.05) is 24.3 Å². The van der Waals surface area contributed by atoms with Crippen molar-refractivity contribution in [3.63, 3.8) is 0 Å². The Morgan fingerprint density at radius 2 is 1.80 bits per heavy atom. The molecule has 2 amide bonds. The summed E-state index contributed by atoms with van der Waals surface area (Å²) in [5.74, 6) is -0.645. The van der Waals surface area contributed by atoms with Gasteiger partial charge in [-0.15, -0.1) is 0 Å². The van der Waals surface area contributed by atoms with E-state index in [9.17, 15) is 14.0 Å². The van der Waals surface area contributed by atoms with Gasteiger partial charge < -0.3 is 16.0 Å². The zero-order chi connectivity index (χ0) is 21.7. The topological polar surface area (TPSA) is 83.1 Å². The Hall–Kier alpha value is -3.74. The Labute approximate surface area is 174 Å². The summed E-state index contributed by atoms with van der Waals surface area (Å²) in [6.45, 7) is 3.72. The van der Waals surface area contributed by atoms with Gasteiger partial charge in [0.2, 0.25) is 5.91 Å². The first-order valence-corrected chi connectivity index (χ1v) is 9.46. The van der Waals surface area contributed by atoms with Crippen LogP contribution in [0.15, 0.2) is 54.7 Å². The quantitative estimate of drug-likeness (QED) is 0.575. The van der Waals surface area contributed by atoms with Crippen molar-refractivity contribution < 1.29 is 14.0 Å². The second-order valence-corrected chi connectivity index (χ2v) is 7.00. The molecule has 154 valence electrons. The number of hydrogen-bond donors (Lipinski definition) is 3. The van der Waals surface area contributed by atoms with E-state index in [1.165, 1.54) is 25.4 Å². The lowest BCUT2D eigenvalue weighted by molar-refractivity contribution is -0.115. The number of nitrogens with zero attached hydrogens (tertiary/aromatic N) is 1. The number of aromatic nitrogens is 1. The molecule has 0 fully saturated rings. The van der Waals surface area contributed by atoms with Crippen molar-refractivity contribution >= 4 is 29.0 Å². The van der Waals surface area contributed by atoms with Gasteiger partial charge in [0.15, 0.2) is 5.82 Å². The second kappa shape index (κ2) is 9.17. The van der Waals surface area contributed by atoms with E-state index in [-0.39, 0.29) is 24.1 Å². The fourth-order valence-electron chi connectivity index (χ4n) is 3.06. The monoisotopic (exact) mass is 406 g/mol. The van der Waals surface area contributed by atoms with Crippen LogP contribution in [0.3, 0.4) is 0 Å². The molecule has 0 aliphatic carbocycles. The summed E-state index contributed by atoms with van der Waals surface area (Å²) in [6, 6.07) is 13.7. The number of hydrogen-bond acceptors (Lipinski definition) is 4.